The summed E-state index contributed by atoms with van der Waals surface area (Å²) in [6.07, 6.45) is 4.69. The van der Waals surface area contributed by atoms with Crippen molar-refractivity contribution in [1.29, 1.82) is 0 Å². The largest absolute Gasteiger partial charge is 0.487 e. The van der Waals surface area contributed by atoms with Gasteiger partial charge in [0, 0.05) is 23.5 Å². The fourth-order valence-electron chi connectivity index (χ4n) is 3.23. The molecule has 0 aliphatic heterocycles. The van der Waals surface area contributed by atoms with Gasteiger partial charge in [-0.05, 0) is 55.0 Å². The van der Waals surface area contributed by atoms with Crippen molar-refractivity contribution < 1.29 is 23.9 Å². The third-order valence-electron chi connectivity index (χ3n) is 5.09. The number of carboxylic acid groups (broad SMARTS) is 1. The highest BCUT2D eigenvalue weighted by Gasteiger charge is 2.12. The predicted octanol–water partition coefficient (Wildman–Crippen LogP) is 5.16. The van der Waals surface area contributed by atoms with Crippen molar-refractivity contribution in [1.82, 2.24) is 15.4 Å². The third-order valence-corrected chi connectivity index (χ3v) is 5.09. The summed E-state index contributed by atoms with van der Waals surface area (Å²) in [5, 5.41) is 8.97. The Hall–Kier alpha value is -4.43. The molecule has 2 N–H and O–H groups in total. The lowest BCUT2D eigenvalue weighted by atomic mass is 10.2. The number of hydrogen-bond acceptors (Lipinski definition) is 7. The Balaban J connectivity index is 1.30. The van der Waals surface area contributed by atoms with E-state index in [-0.39, 0.29) is 13.0 Å². The molecule has 8 nitrogen and oxygen atoms in total. The van der Waals surface area contributed by atoms with Crippen molar-refractivity contribution in [2.24, 2.45) is 0 Å². The molecule has 4 rings (SSSR count). The number of pyridine rings is 1. The van der Waals surface area contributed by atoms with Gasteiger partial charge in [-0.25, -0.2) is 4.98 Å². The number of ether oxygens (including phenoxy) is 1. The fourth-order valence-corrected chi connectivity index (χ4v) is 3.23. The summed E-state index contributed by atoms with van der Waals surface area (Å²) in [5.41, 5.74) is 6.69. The Morgan fingerprint density at radius 1 is 1.06 bits per heavy atom. The van der Waals surface area contributed by atoms with Gasteiger partial charge in [0.25, 0.3) is 0 Å². The minimum Gasteiger partial charge on any atom is -0.487 e. The number of rotatable bonds is 11. The average Bonchev–Trinajstić information content (AvgIpc) is 3.27. The molecular weight excluding hydrogens is 446 g/mol. The van der Waals surface area contributed by atoms with E-state index in [2.05, 4.69) is 15.4 Å². The predicted molar refractivity (Wildman–Crippen MR) is 130 cm³/mol. The first kappa shape index (κ1) is 23.7. The number of nitrogens with one attached hydrogen (secondary N) is 1. The standard InChI is InChI=1S/C27H25N3O5/c1-19-25(29-27(35-19)21-6-3-2-4-7-21)18-33-23-11-9-20(10-12-23)17-34-30-24(13-14-26(31)32)22-8-5-15-28-16-22/h2-13,15-16,30H,14,17-18H2,1H3,(H,31,32). The molecule has 2 aromatic carbocycles. The van der Waals surface area contributed by atoms with E-state index in [1.54, 1.807) is 24.5 Å². The Kier molecular flexibility index (Phi) is 7.88. The van der Waals surface area contributed by atoms with E-state index in [9.17, 15) is 4.79 Å². The molecule has 4 aromatic rings. The molecule has 0 saturated carbocycles. The number of aliphatic carboxylic acids is 1. The van der Waals surface area contributed by atoms with Crippen LogP contribution in [-0.2, 0) is 22.8 Å². The van der Waals surface area contributed by atoms with E-state index in [1.807, 2.05) is 67.6 Å². The molecule has 2 heterocycles. The van der Waals surface area contributed by atoms with Gasteiger partial charge in [-0.3, -0.25) is 20.1 Å². The van der Waals surface area contributed by atoms with Crippen LogP contribution in [0.15, 0.2) is 89.6 Å². The van der Waals surface area contributed by atoms with Crippen molar-refractivity contribution in [3.05, 3.63) is 108 Å². The number of oxazole rings is 1. The van der Waals surface area contributed by atoms with Crippen LogP contribution >= 0.6 is 0 Å². The Morgan fingerprint density at radius 3 is 2.57 bits per heavy atom. The number of carbonyl (C=O) groups is 1. The lowest BCUT2D eigenvalue weighted by Crippen LogP contribution is -2.14. The second kappa shape index (κ2) is 11.6. The molecular formula is C27H25N3O5. The summed E-state index contributed by atoms with van der Waals surface area (Å²) < 4.78 is 11.7. The monoisotopic (exact) mass is 471 g/mol. The maximum absolute atomic E-state index is 10.9. The van der Waals surface area contributed by atoms with E-state index in [0.717, 1.165) is 28.1 Å². The van der Waals surface area contributed by atoms with Gasteiger partial charge in [-0.15, -0.1) is 0 Å². The topological polar surface area (TPSA) is 107 Å². The van der Waals surface area contributed by atoms with Crippen LogP contribution in [0.1, 0.15) is 29.0 Å². The van der Waals surface area contributed by atoms with Crippen LogP contribution in [0.5, 0.6) is 5.75 Å². The van der Waals surface area contributed by atoms with Gasteiger partial charge in [0.2, 0.25) is 5.89 Å². The number of hydroxylamine groups is 1. The molecule has 0 saturated heterocycles. The average molecular weight is 472 g/mol. The molecule has 8 heteroatoms. The first-order valence-corrected chi connectivity index (χ1v) is 11.0. The van der Waals surface area contributed by atoms with Gasteiger partial charge in [-0.2, -0.15) is 0 Å². The van der Waals surface area contributed by atoms with Gasteiger partial charge < -0.3 is 14.3 Å². The molecule has 0 unspecified atom stereocenters. The van der Waals surface area contributed by atoms with Crippen LogP contribution in [0.3, 0.4) is 0 Å². The Morgan fingerprint density at radius 2 is 1.86 bits per heavy atom. The lowest BCUT2D eigenvalue weighted by Gasteiger charge is -2.12. The molecule has 2 aromatic heterocycles. The van der Waals surface area contributed by atoms with Gasteiger partial charge in [0.15, 0.2) is 0 Å². The Labute approximate surface area is 202 Å². The number of carboxylic acids is 1. The molecule has 0 fully saturated rings. The van der Waals surface area contributed by atoms with Crippen LogP contribution in [0.4, 0.5) is 0 Å². The number of nitrogens with zero attached hydrogens (tertiary/aromatic N) is 2. The summed E-state index contributed by atoms with van der Waals surface area (Å²) in [7, 11) is 0. The van der Waals surface area contributed by atoms with Crippen molar-refractivity contribution >= 4 is 11.7 Å². The maximum Gasteiger partial charge on any atom is 0.307 e. The molecule has 0 radical (unpaired) electrons. The zero-order valence-electron chi connectivity index (χ0n) is 19.2. The molecule has 0 aliphatic rings. The second-order valence-electron chi connectivity index (χ2n) is 7.67. The summed E-state index contributed by atoms with van der Waals surface area (Å²) in [6.45, 7) is 2.44. The van der Waals surface area contributed by atoms with E-state index in [0.29, 0.717) is 23.9 Å². The minimum atomic E-state index is -0.930. The van der Waals surface area contributed by atoms with Gasteiger partial charge >= 0.3 is 5.97 Å². The number of hydrogen-bond donors (Lipinski definition) is 2. The highest BCUT2D eigenvalue weighted by Crippen LogP contribution is 2.23. The van der Waals surface area contributed by atoms with Crippen LogP contribution < -0.4 is 10.2 Å². The van der Waals surface area contributed by atoms with Crippen LogP contribution in [-0.4, -0.2) is 21.0 Å². The Bertz CT molecular complexity index is 1270. The molecule has 178 valence electrons. The minimum absolute atomic E-state index is 0.134. The maximum atomic E-state index is 10.9. The summed E-state index contributed by atoms with van der Waals surface area (Å²) in [4.78, 5) is 25.2. The third kappa shape index (κ3) is 6.78. The second-order valence-corrected chi connectivity index (χ2v) is 7.67. The van der Waals surface area contributed by atoms with Gasteiger partial charge in [-0.1, -0.05) is 30.3 Å². The number of aryl methyl sites for hydroxylation is 1. The van der Waals surface area contributed by atoms with Crippen molar-refractivity contribution in [2.45, 2.75) is 26.6 Å². The fraction of sp³-hybridized carbons (Fsp3) is 0.148. The van der Waals surface area contributed by atoms with E-state index in [1.165, 1.54) is 0 Å². The number of aromatic nitrogens is 2. The summed E-state index contributed by atoms with van der Waals surface area (Å²) in [5.74, 6) is 1.06. The highest BCUT2D eigenvalue weighted by molar-refractivity contribution is 5.73. The van der Waals surface area contributed by atoms with Gasteiger partial charge in [0.05, 0.1) is 18.7 Å². The molecule has 0 aliphatic carbocycles. The summed E-state index contributed by atoms with van der Waals surface area (Å²) >= 11 is 0. The molecule has 35 heavy (non-hydrogen) atoms. The van der Waals surface area contributed by atoms with Crippen molar-refractivity contribution in [2.75, 3.05) is 0 Å². The van der Waals surface area contributed by atoms with E-state index >= 15 is 0 Å². The van der Waals surface area contributed by atoms with Crippen molar-refractivity contribution in [3.63, 3.8) is 0 Å². The smallest absolute Gasteiger partial charge is 0.307 e. The molecule has 0 spiro atoms. The zero-order valence-corrected chi connectivity index (χ0v) is 19.2. The van der Waals surface area contributed by atoms with E-state index < -0.39 is 5.97 Å². The van der Waals surface area contributed by atoms with Crippen molar-refractivity contribution in [3.8, 4) is 17.2 Å². The highest BCUT2D eigenvalue weighted by atomic mass is 16.6. The van der Waals surface area contributed by atoms with Crippen LogP contribution in [0.25, 0.3) is 17.2 Å². The molecule has 0 amide bonds. The lowest BCUT2D eigenvalue weighted by molar-refractivity contribution is -0.136. The van der Waals surface area contributed by atoms with E-state index in [4.69, 9.17) is 19.1 Å². The van der Waals surface area contributed by atoms with Crippen LogP contribution in [0.2, 0.25) is 0 Å². The van der Waals surface area contributed by atoms with Gasteiger partial charge in [0.1, 0.15) is 23.8 Å². The first-order valence-electron chi connectivity index (χ1n) is 11.0. The van der Waals surface area contributed by atoms with Crippen LogP contribution in [0, 0.1) is 6.92 Å². The first-order chi connectivity index (χ1) is 17.1. The zero-order chi connectivity index (χ0) is 24.5. The quantitative estimate of drug-likeness (QED) is 0.289. The SMILES string of the molecule is Cc1oc(-c2ccccc2)nc1COc1ccc(CONC(=CCC(=O)O)c2cccnc2)cc1. The normalized spacial score (nSPS) is 11.3. The molecule has 0 atom stereocenters. The summed E-state index contributed by atoms with van der Waals surface area (Å²) in [6, 6.07) is 20.8. The number of benzene rings is 2. The molecule has 0 bridgehead atoms.